The highest BCUT2D eigenvalue weighted by molar-refractivity contribution is 7.87. The summed E-state index contributed by atoms with van der Waals surface area (Å²) >= 11 is 1.47. The van der Waals surface area contributed by atoms with Crippen LogP contribution < -0.4 is 10.0 Å². The van der Waals surface area contributed by atoms with E-state index in [1.807, 2.05) is 24.4 Å². The Bertz CT molecular complexity index is 603. The molecular weight excluding hydrogens is 326 g/mol. The first-order valence-electron chi connectivity index (χ1n) is 6.93. The standard InChI is InChI=1S/C13H21N3O4S2/c1-9(8-20-3)14-13(17)11-7-10(12-5-4-6-21-12)15-22(18,19)16(11)2/h4-6,9-11,15H,7-8H2,1-3H3,(H,14,17)/t9-,10+,11-/m1/s1. The number of thiophene rings is 1. The minimum Gasteiger partial charge on any atom is -0.383 e. The number of amides is 1. The molecular formula is C13H21N3O4S2. The van der Waals surface area contributed by atoms with Crippen LogP contribution in [0.5, 0.6) is 0 Å². The van der Waals surface area contributed by atoms with Crippen molar-refractivity contribution in [1.82, 2.24) is 14.3 Å². The molecule has 1 aliphatic rings. The van der Waals surface area contributed by atoms with Crippen LogP contribution in [0, 0.1) is 0 Å². The Morgan fingerprint density at radius 3 is 2.95 bits per heavy atom. The van der Waals surface area contributed by atoms with Gasteiger partial charge in [0, 0.05) is 25.1 Å². The van der Waals surface area contributed by atoms with Crippen LogP contribution in [0.1, 0.15) is 24.3 Å². The molecule has 3 atom stereocenters. The number of nitrogens with one attached hydrogen (secondary N) is 2. The maximum atomic E-state index is 12.4. The molecule has 0 spiro atoms. The topological polar surface area (TPSA) is 87.7 Å². The fraction of sp³-hybridized carbons (Fsp3) is 0.615. The van der Waals surface area contributed by atoms with E-state index in [1.54, 1.807) is 7.11 Å². The molecule has 124 valence electrons. The quantitative estimate of drug-likeness (QED) is 0.811. The molecule has 22 heavy (non-hydrogen) atoms. The van der Waals surface area contributed by atoms with Crippen LogP contribution in [0.3, 0.4) is 0 Å². The van der Waals surface area contributed by atoms with Crippen molar-refractivity contribution in [3.05, 3.63) is 22.4 Å². The third kappa shape index (κ3) is 3.85. The summed E-state index contributed by atoms with van der Waals surface area (Å²) in [4.78, 5) is 13.3. The van der Waals surface area contributed by atoms with E-state index in [-0.39, 0.29) is 18.0 Å². The van der Waals surface area contributed by atoms with Gasteiger partial charge in [0.25, 0.3) is 10.2 Å². The SMILES string of the molecule is COC[C@@H](C)NC(=O)[C@H]1C[C@@H](c2cccs2)NS(=O)(=O)N1C. The molecule has 0 aromatic carbocycles. The zero-order chi connectivity index (χ0) is 16.3. The van der Waals surface area contributed by atoms with Gasteiger partial charge in [0.15, 0.2) is 0 Å². The fourth-order valence-corrected chi connectivity index (χ4v) is 4.55. The van der Waals surface area contributed by atoms with Crippen LogP contribution >= 0.6 is 11.3 Å². The molecule has 7 nitrogen and oxygen atoms in total. The lowest BCUT2D eigenvalue weighted by atomic mass is 10.1. The molecule has 1 aliphatic heterocycles. The molecule has 0 saturated carbocycles. The fourth-order valence-electron chi connectivity index (χ4n) is 2.42. The maximum absolute atomic E-state index is 12.4. The van der Waals surface area contributed by atoms with E-state index in [9.17, 15) is 13.2 Å². The largest absolute Gasteiger partial charge is 0.383 e. The van der Waals surface area contributed by atoms with Crippen LogP contribution in [0.25, 0.3) is 0 Å². The summed E-state index contributed by atoms with van der Waals surface area (Å²) in [7, 11) is -0.714. The van der Waals surface area contributed by atoms with Crippen molar-refractivity contribution in [2.24, 2.45) is 0 Å². The number of hydrogen-bond donors (Lipinski definition) is 2. The highest BCUT2D eigenvalue weighted by Gasteiger charge is 2.41. The van der Waals surface area contributed by atoms with Crippen molar-refractivity contribution in [2.75, 3.05) is 20.8 Å². The van der Waals surface area contributed by atoms with Gasteiger partial charge < -0.3 is 10.1 Å². The number of nitrogens with zero attached hydrogens (tertiary/aromatic N) is 1. The summed E-state index contributed by atoms with van der Waals surface area (Å²) in [5.74, 6) is -0.307. The Kier molecular flexibility index (Phi) is 5.56. The second-order valence-electron chi connectivity index (χ2n) is 5.32. The lowest BCUT2D eigenvalue weighted by Gasteiger charge is -2.36. The molecule has 1 aromatic rings. The van der Waals surface area contributed by atoms with Crippen LogP contribution in [0.15, 0.2) is 17.5 Å². The number of likely N-dealkylation sites (N-methyl/N-ethyl adjacent to an activating group) is 1. The number of carbonyl (C=O) groups is 1. The summed E-state index contributed by atoms with van der Waals surface area (Å²) in [5, 5.41) is 4.68. The Balaban J connectivity index is 2.16. The summed E-state index contributed by atoms with van der Waals surface area (Å²) in [6, 6.07) is 2.43. The van der Waals surface area contributed by atoms with E-state index in [1.165, 1.54) is 18.4 Å². The molecule has 2 rings (SSSR count). The summed E-state index contributed by atoms with van der Waals surface area (Å²) in [6.07, 6.45) is 0.391. The van der Waals surface area contributed by atoms with Crippen LogP contribution in [-0.2, 0) is 19.7 Å². The van der Waals surface area contributed by atoms with Gasteiger partial charge in [0.05, 0.1) is 12.6 Å². The number of rotatable bonds is 5. The van der Waals surface area contributed by atoms with E-state index in [4.69, 9.17) is 4.74 Å². The van der Waals surface area contributed by atoms with Crippen LogP contribution in [0.4, 0.5) is 0 Å². The first kappa shape index (κ1) is 17.4. The van der Waals surface area contributed by atoms with Crippen molar-refractivity contribution in [3.63, 3.8) is 0 Å². The van der Waals surface area contributed by atoms with E-state index in [2.05, 4.69) is 10.0 Å². The average Bonchev–Trinajstić information content (AvgIpc) is 2.95. The molecule has 0 bridgehead atoms. The third-order valence-corrected chi connectivity index (χ3v) is 6.14. The summed E-state index contributed by atoms with van der Waals surface area (Å²) < 4.78 is 33.1. The van der Waals surface area contributed by atoms with Gasteiger partial charge in [-0.05, 0) is 24.8 Å². The Labute approximate surface area is 134 Å². The predicted octanol–water partition coefficient (Wildman–Crippen LogP) is 0.479. The molecule has 1 fully saturated rings. The van der Waals surface area contributed by atoms with E-state index in [0.29, 0.717) is 13.0 Å². The normalized spacial score (nSPS) is 26.5. The van der Waals surface area contributed by atoms with Gasteiger partial charge in [-0.2, -0.15) is 17.4 Å². The molecule has 2 heterocycles. The lowest BCUT2D eigenvalue weighted by molar-refractivity contribution is -0.126. The number of hydrogen-bond acceptors (Lipinski definition) is 5. The van der Waals surface area contributed by atoms with Gasteiger partial charge in [0.1, 0.15) is 6.04 Å². The molecule has 1 amide bonds. The van der Waals surface area contributed by atoms with Crippen molar-refractivity contribution in [3.8, 4) is 0 Å². The molecule has 9 heteroatoms. The zero-order valence-corrected chi connectivity index (χ0v) is 14.4. The van der Waals surface area contributed by atoms with Gasteiger partial charge in [-0.3, -0.25) is 4.79 Å². The Hall–Kier alpha value is -1.00. The number of carbonyl (C=O) groups excluding carboxylic acids is 1. The lowest BCUT2D eigenvalue weighted by Crippen LogP contribution is -2.58. The molecule has 0 unspecified atom stereocenters. The van der Waals surface area contributed by atoms with Crippen LogP contribution in [0.2, 0.25) is 0 Å². The number of ether oxygens (including phenoxy) is 1. The first-order valence-corrected chi connectivity index (χ1v) is 9.25. The molecule has 0 aliphatic carbocycles. The summed E-state index contributed by atoms with van der Waals surface area (Å²) in [6.45, 7) is 2.19. The minimum absolute atomic E-state index is 0.177. The molecule has 2 N–H and O–H groups in total. The van der Waals surface area contributed by atoms with Crippen molar-refractivity contribution in [2.45, 2.75) is 31.5 Å². The van der Waals surface area contributed by atoms with Gasteiger partial charge >= 0.3 is 0 Å². The molecule has 0 radical (unpaired) electrons. The average molecular weight is 347 g/mol. The second-order valence-corrected chi connectivity index (χ2v) is 8.06. The van der Waals surface area contributed by atoms with Crippen molar-refractivity contribution < 1.29 is 17.9 Å². The second kappa shape index (κ2) is 7.05. The van der Waals surface area contributed by atoms with Gasteiger partial charge in [-0.25, -0.2) is 0 Å². The monoisotopic (exact) mass is 347 g/mol. The highest BCUT2D eigenvalue weighted by atomic mass is 32.2. The van der Waals surface area contributed by atoms with Gasteiger partial charge in [0.2, 0.25) is 5.91 Å². The van der Waals surface area contributed by atoms with Crippen LogP contribution in [-0.4, -0.2) is 51.5 Å². The Morgan fingerprint density at radius 1 is 1.64 bits per heavy atom. The van der Waals surface area contributed by atoms with E-state index >= 15 is 0 Å². The van der Waals surface area contributed by atoms with E-state index < -0.39 is 16.3 Å². The van der Waals surface area contributed by atoms with E-state index in [0.717, 1.165) is 9.18 Å². The smallest absolute Gasteiger partial charge is 0.280 e. The maximum Gasteiger partial charge on any atom is 0.280 e. The van der Waals surface area contributed by atoms with Crippen molar-refractivity contribution >= 4 is 27.5 Å². The number of methoxy groups -OCH3 is 1. The van der Waals surface area contributed by atoms with Gasteiger partial charge in [-0.15, -0.1) is 11.3 Å². The highest BCUT2D eigenvalue weighted by Crippen LogP contribution is 2.30. The van der Waals surface area contributed by atoms with Gasteiger partial charge in [-0.1, -0.05) is 6.07 Å². The zero-order valence-electron chi connectivity index (χ0n) is 12.8. The molecule has 1 aromatic heterocycles. The first-order chi connectivity index (χ1) is 10.3. The minimum atomic E-state index is -3.68. The Morgan fingerprint density at radius 2 is 2.36 bits per heavy atom. The molecule has 1 saturated heterocycles. The summed E-state index contributed by atoms with van der Waals surface area (Å²) in [5.41, 5.74) is 0. The van der Waals surface area contributed by atoms with Crippen molar-refractivity contribution in [1.29, 1.82) is 0 Å². The predicted molar refractivity (Wildman–Crippen MR) is 84.8 cm³/mol. The third-order valence-electron chi connectivity index (χ3n) is 3.56.